The normalized spacial score (nSPS) is 23.9. The summed E-state index contributed by atoms with van der Waals surface area (Å²) in [4.78, 5) is 25.3. The van der Waals surface area contributed by atoms with Gasteiger partial charge in [0.05, 0.1) is 12.5 Å². The number of hydrogen-bond acceptors (Lipinski definition) is 2. The van der Waals surface area contributed by atoms with Crippen molar-refractivity contribution in [2.45, 2.75) is 47.6 Å². The molecule has 1 saturated carbocycles. The second-order valence-electron chi connectivity index (χ2n) is 6.60. The molecule has 1 fully saturated rings. The molecule has 108 valence electrons. The summed E-state index contributed by atoms with van der Waals surface area (Å²) in [6.45, 7) is 12.1. The Bertz CT molecular complexity index is 406. The molecule has 19 heavy (non-hydrogen) atoms. The van der Waals surface area contributed by atoms with Gasteiger partial charge in [-0.05, 0) is 39.0 Å². The van der Waals surface area contributed by atoms with Gasteiger partial charge in [0.15, 0.2) is 0 Å². The fourth-order valence-corrected chi connectivity index (χ4v) is 2.68. The third-order valence-electron chi connectivity index (χ3n) is 3.92. The molecule has 1 rings (SSSR count). The van der Waals surface area contributed by atoms with E-state index in [-0.39, 0.29) is 35.7 Å². The third kappa shape index (κ3) is 3.37. The van der Waals surface area contributed by atoms with E-state index in [9.17, 15) is 9.59 Å². The van der Waals surface area contributed by atoms with Crippen molar-refractivity contribution in [3.8, 4) is 0 Å². The third-order valence-corrected chi connectivity index (χ3v) is 3.92. The summed E-state index contributed by atoms with van der Waals surface area (Å²) in [6, 6.07) is -0.0104. The van der Waals surface area contributed by atoms with E-state index in [0.29, 0.717) is 0 Å². The second kappa shape index (κ2) is 5.35. The number of primary amides is 1. The molecule has 2 amide bonds. The molecular weight excluding hydrogens is 240 g/mol. The summed E-state index contributed by atoms with van der Waals surface area (Å²) in [5, 5.41) is 0. The van der Waals surface area contributed by atoms with Crippen LogP contribution in [0.1, 0.15) is 41.5 Å². The largest absolute Gasteiger partial charge is 0.368 e. The van der Waals surface area contributed by atoms with Gasteiger partial charge in [-0.2, -0.15) is 0 Å². The highest BCUT2D eigenvalue weighted by Gasteiger charge is 2.61. The van der Waals surface area contributed by atoms with Crippen LogP contribution in [0.15, 0.2) is 11.6 Å². The van der Waals surface area contributed by atoms with E-state index in [4.69, 9.17) is 5.73 Å². The average Bonchev–Trinajstić information content (AvgIpc) is 2.74. The quantitative estimate of drug-likeness (QED) is 0.773. The van der Waals surface area contributed by atoms with E-state index in [2.05, 4.69) is 19.9 Å². The Kier molecular flexibility index (Phi) is 4.43. The molecule has 2 N–H and O–H groups in total. The van der Waals surface area contributed by atoms with Crippen LogP contribution in [0.5, 0.6) is 0 Å². The fourth-order valence-electron chi connectivity index (χ4n) is 2.68. The molecule has 1 aliphatic rings. The zero-order chi connectivity index (χ0) is 15.0. The molecule has 0 unspecified atom stereocenters. The number of rotatable bonds is 5. The van der Waals surface area contributed by atoms with Crippen LogP contribution < -0.4 is 5.73 Å². The molecule has 0 radical (unpaired) electrons. The SMILES string of the molecule is CC(C)=C[C@H]1[C@H](C(=O)N(CC(N)=O)C(C)C)C1(C)C. The molecule has 0 aromatic carbocycles. The van der Waals surface area contributed by atoms with Gasteiger partial charge in [0.2, 0.25) is 11.8 Å². The van der Waals surface area contributed by atoms with Crippen molar-refractivity contribution in [3.63, 3.8) is 0 Å². The van der Waals surface area contributed by atoms with Gasteiger partial charge in [-0.1, -0.05) is 25.5 Å². The standard InChI is InChI=1S/C15H26N2O2/c1-9(2)7-11-13(15(11,5)6)14(19)17(10(3)4)8-12(16)18/h7,10-11,13H,8H2,1-6H3,(H2,16,18)/t11-,13+/m0/s1. The summed E-state index contributed by atoms with van der Waals surface area (Å²) < 4.78 is 0. The minimum Gasteiger partial charge on any atom is -0.368 e. The van der Waals surface area contributed by atoms with Crippen molar-refractivity contribution in [3.05, 3.63) is 11.6 Å². The number of allylic oxidation sites excluding steroid dienone is 2. The van der Waals surface area contributed by atoms with E-state index < -0.39 is 5.91 Å². The van der Waals surface area contributed by atoms with E-state index in [0.717, 1.165) is 0 Å². The van der Waals surface area contributed by atoms with Crippen LogP contribution in [0, 0.1) is 17.3 Å². The molecule has 0 heterocycles. The second-order valence-corrected chi connectivity index (χ2v) is 6.60. The highest BCUT2D eigenvalue weighted by Crippen LogP contribution is 2.60. The van der Waals surface area contributed by atoms with Gasteiger partial charge in [-0.25, -0.2) is 0 Å². The first-order valence-electron chi connectivity index (χ1n) is 6.82. The number of nitrogens with two attached hydrogens (primary N) is 1. The number of carbonyl (C=O) groups is 2. The number of carbonyl (C=O) groups excluding carboxylic acids is 2. The summed E-state index contributed by atoms with van der Waals surface area (Å²) in [5.41, 5.74) is 6.42. The molecule has 2 atom stereocenters. The summed E-state index contributed by atoms with van der Waals surface area (Å²) in [5.74, 6) is -0.191. The Morgan fingerprint density at radius 3 is 2.21 bits per heavy atom. The minimum atomic E-state index is -0.459. The molecule has 0 spiro atoms. The van der Waals surface area contributed by atoms with Crippen molar-refractivity contribution < 1.29 is 9.59 Å². The Labute approximate surface area is 116 Å². The van der Waals surface area contributed by atoms with E-state index in [1.165, 1.54) is 5.57 Å². The van der Waals surface area contributed by atoms with Crippen molar-refractivity contribution in [2.24, 2.45) is 23.0 Å². The zero-order valence-electron chi connectivity index (χ0n) is 12.9. The van der Waals surface area contributed by atoms with Gasteiger partial charge in [0, 0.05) is 6.04 Å². The Morgan fingerprint density at radius 1 is 1.32 bits per heavy atom. The predicted octanol–water partition coefficient (Wildman–Crippen LogP) is 1.95. The fraction of sp³-hybridized carbons (Fsp3) is 0.733. The first kappa shape index (κ1) is 15.7. The summed E-state index contributed by atoms with van der Waals surface area (Å²) >= 11 is 0. The molecule has 0 aromatic rings. The molecule has 4 heteroatoms. The maximum absolute atomic E-state index is 12.6. The average molecular weight is 266 g/mol. The van der Waals surface area contributed by atoms with Crippen LogP contribution in [0.3, 0.4) is 0 Å². The van der Waals surface area contributed by atoms with Crippen LogP contribution in [0.25, 0.3) is 0 Å². The lowest BCUT2D eigenvalue weighted by atomic mass is 10.1. The van der Waals surface area contributed by atoms with Crippen molar-refractivity contribution in [1.29, 1.82) is 0 Å². The molecule has 0 saturated heterocycles. The predicted molar refractivity (Wildman–Crippen MR) is 76.2 cm³/mol. The lowest BCUT2D eigenvalue weighted by Crippen LogP contribution is -2.44. The smallest absolute Gasteiger partial charge is 0.237 e. The minimum absolute atomic E-state index is 0.00458. The van der Waals surface area contributed by atoms with Crippen LogP contribution in [-0.2, 0) is 9.59 Å². The Hall–Kier alpha value is -1.32. The highest BCUT2D eigenvalue weighted by atomic mass is 16.2. The van der Waals surface area contributed by atoms with Crippen LogP contribution in [-0.4, -0.2) is 29.3 Å². The van der Waals surface area contributed by atoms with Gasteiger partial charge in [0.25, 0.3) is 0 Å². The van der Waals surface area contributed by atoms with Gasteiger partial charge >= 0.3 is 0 Å². The maximum Gasteiger partial charge on any atom is 0.237 e. The van der Waals surface area contributed by atoms with Gasteiger partial charge in [0.1, 0.15) is 0 Å². The molecule has 0 aromatic heterocycles. The first-order chi connectivity index (χ1) is 8.59. The van der Waals surface area contributed by atoms with Gasteiger partial charge in [-0.3, -0.25) is 9.59 Å². The first-order valence-corrected chi connectivity index (χ1v) is 6.82. The molecule has 0 aliphatic heterocycles. The van der Waals surface area contributed by atoms with Crippen LogP contribution in [0.2, 0.25) is 0 Å². The zero-order valence-corrected chi connectivity index (χ0v) is 12.9. The maximum atomic E-state index is 12.6. The number of nitrogens with zero attached hydrogens (tertiary/aromatic N) is 1. The number of hydrogen-bond donors (Lipinski definition) is 1. The Morgan fingerprint density at radius 2 is 1.84 bits per heavy atom. The van der Waals surface area contributed by atoms with Crippen molar-refractivity contribution in [2.75, 3.05) is 6.54 Å². The summed E-state index contributed by atoms with van der Waals surface area (Å²) in [7, 11) is 0. The molecule has 1 aliphatic carbocycles. The van der Waals surface area contributed by atoms with Crippen molar-refractivity contribution in [1.82, 2.24) is 4.90 Å². The lowest BCUT2D eigenvalue weighted by molar-refractivity contribution is -0.138. The molecular formula is C15H26N2O2. The highest BCUT2D eigenvalue weighted by molar-refractivity contribution is 5.88. The Balaban J connectivity index is 2.88. The molecule has 4 nitrogen and oxygen atoms in total. The van der Waals surface area contributed by atoms with Crippen LogP contribution in [0.4, 0.5) is 0 Å². The van der Waals surface area contributed by atoms with Crippen LogP contribution >= 0.6 is 0 Å². The van der Waals surface area contributed by atoms with E-state index >= 15 is 0 Å². The van der Waals surface area contributed by atoms with E-state index in [1.807, 2.05) is 27.7 Å². The molecule has 0 bridgehead atoms. The van der Waals surface area contributed by atoms with E-state index in [1.54, 1.807) is 4.90 Å². The van der Waals surface area contributed by atoms with Gasteiger partial charge in [-0.15, -0.1) is 0 Å². The monoisotopic (exact) mass is 266 g/mol. The van der Waals surface area contributed by atoms with Gasteiger partial charge < -0.3 is 10.6 Å². The topological polar surface area (TPSA) is 63.4 Å². The summed E-state index contributed by atoms with van der Waals surface area (Å²) in [6.07, 6.45) is 2.16. The van der Waals surface area contributed by atoms with Crippen molar-refractivity contribution >= 4 is 11.8 Å². The lowest BCUT2D eigenvalue weighted by Gasteiger charge is -2.26. The number of amides is 2.